The van der Waals surface area contributed by atoms with Crippen molar-refractivity contribution in [3.8, 4) is 0 Å². The van der Waals surface area contributed by atoms with Crippen LogP contribution >= 0.6 is 0 Å². The van der Waals surface area contributed by atoms with E-state index in [1.165, 1.54) is 11.1 Å². The molecule has 0 N–H and O–H groups in total. The average molecular weight is 218 g/mol. The topological polar surface area (TPSA) is 34.9 Å². The van der Waals surface area contributed by atoms with E-state index in [9.17, 15) is 4.79 Å². The predicted molar refractivity (Wildman–Crippen MR) is 63.1 cm³/mol. The molecule has 0 atom stereocenters. The summed E-state index contributed by atoms with van der Waals surface area (Å²) in [6.45, 7) is 0. The Labute approximate surface area is 96.2 Å². The van der Waals surface area contributed by atoms with Crippen LogP contribution in [0, 0.1) is 0 Å². The third-order valence-electron chi connectivity index (χ3n) is 3.03. The first kappa shape index (κ1) is 11.1. The van der Waals surface area contributed by atoms with Gasteiger partial charge in [-0.2, -0.15) is 5.10 Å². The number of aromatic nitrogens is 2. The van der Waals surface area contributed by atoms with Gasteiger partial charge in [-0.25, -0.2) is 0 Å². The minimum Gasteiger partial charge on any atom is -0.295 e. The quantitative estimate of drug-likeness (QED) is 0.781. The smallest absolute Gasteiger partial charge is 0.155 e. The van der Waals surface area contributed by atoms with Crippen LogP contribution in [0.25, 0.3) is 0 Å². The second-order valence-corrected chi connectivity index (χ2v) is 4.50. The van der Waals surface area contributed by atoms with E-state index in [-0.39, 0.29) is 0 Å². The van der Waals surface area contributed by atoms with Crippen LogP contribution in [0.15, 0.2) is 24.0 Å². The van der Waals surface area contributed by atoms with E-state index in [0.29, 0.717) is 5.78 Å². The van der Waals surface area contributed by atoms with Gasteiger partial charge in [-0.05, 0) is 43.7 Å². The molecular weight excluding hydrogens is 200 g/mol. The molecule has 0 fully saturated rings. The van der Waals surface area contributed by atoms with Gasteiger partial charge in [0.15, 0.2) is 5.78 Å². The van der Waals surface area contributed by atoms with E-state index in [4.69, 9.17) is 0 Å². The summed E-state index contributed by atoms with van der Waals surface area (Å²) in [5.41, 5.74) is 2.56. The fourth-order valence-electron chi connectivity index (χ4n) is 2.13. The van der Waals surface area contributed by atoms with Crippen LogP contribution in [0.1, 0.15) is 37.7 Å². The molecule has 1 aromatic heterocycles. The summed E-state index contributed by atoms with van der Waals surface area (Å²) in [5, 5.41) is 4.14. The van der Waals surface area contributed by atoms with Gasteiger partial charge in [-0.15, -0.1) is 0 Å². The second kappa shape index (κ2) is 5.10. The lowest BCUT2D eigenvalue weighted by molar-refractivity contribution is -0.114. The molecule has 1 aliphatic carbocycles. The molecule has 0 bridgehead atoms. The first-order valence-electron chi connectivity index (χ1n) is 5.94. The van der Waals surface area contributed by atoms with Crippen molar-refractivity contribution in [2.24, 2.45) is 7.05 Å². The van der Waals surface area contributed by atoms with Crippen molar-refractivity contribution in [1.29, 1.82) is 0 Å². The summed E-state index contributed by atoms with van der Waals surface area (Å²) in [7, 11) is 1.93. The fourth-order valence-corrected chi connectivity index (χ4v) is 2.13. The van der Waals surface area contributed by atoms with E-state index >= 15 is 0 Å². The van der Waals surface area contributed by atoms with Crippen molar-refractivity contribution in [3.05, 3.63) is 29.6 Å². The van der Waals surface area contributed by atoms with Gasteiger partial charge < -0.3 is 0 Å². The Bertz CT molecular complexity index is 404. The Balaban J connectivity index is 1.91. The molecular formula is C13H18N2O. The standard InChI is InChI=1S/C13H18N2O/c1-15-10-12(9-14-15)7-6-11-4-2-3-5-13(16)8-11/h8-10H,2-7H2,1H3. The second-order valence-electron chi connectivity index (χ2n) is 4.50. The van der Waals surface area contributed by atoms with Gasteiger partial charge in [0.25, 0.3) is 0 Å². The SMILES string of the molecule is Cn1cc(CCC2=CC(=O)CCCC2)cn1. The highest BCUT2D eigenvalue weighted by Crippen LogP contribution is 2.19. The average Bonchev–Trinajstić information content (AvgIpc) is 2.55. The highest BCUT2D eigenvalue weighted by Gasteiger charge is 2.08. The van der Waals surface area contributed by atoms with Gasteiger partial charge in [0.05, 0.1) is 6.20 Å². The van der Waals surface area contributed by atoms with Crippen molar-refractivity contribution < 1.29 is 4.79 Å². The fraction of sp³-hybridized carbons (Fsp3) is 0.538. The third kappa shape index (κ3) is 3.05. The van der Waals surface area contributed by atoms with E-state index in [0.717, 1.165) is 38.5 Å². The van der Waals surface area contributed by atoms with Gasteiger partial charge in [0.2, 0.25) is 0 Å². The summed E-state index contributed by atoms with van der Waals surface area (Å²) in [5.74, 6) is 0.304. The van der Waals surface area contributed by atoms with Crippen molar-refractivity contribution in [1.82, 2.24) is 9.78 Å². The first-order chi connectivity index (χ1) is 7.74. The van der Waals surface area contributed by atoms with Crippen LogP contribution in [0.4, 0.5) is 0 Å². The van der Waals surface area contributed by atoms with Crippen molar-refractivity contribution in [2.75, 3.05) is 0 Å². The number of hydrogen-bond donors (Lipinski definition) is 0. The highest BCUT2D eigenvalue weighted by molar-refractivity contribution is 5.90. The summed E-state index contributed by atoms with van der Waals surface area (Å²) < 4.78 is 1.82. The molecule has 0 aromatic carbocycles. The molecule has 3 heteroatoms. The van der Waals surface area contributed by atoms with Gasteiger partial charge >= 0.3 is 0 Å². The Morgan fingerprint density at radius 1 is 1.31 bits per heavy atom. The van der Waals surface area contributed by atoms with Gasteiger partial charge in [-0.3, -0.25) is 9.48 Å². The normalized spacial score (nSPS) is 17.1. The Hall–Kier alpha value is -1.38. The number of nitrogens with zero attached hydrogens (tertiary/aromatic N) is 2. The Morgan fingerprint density at radius 2 is 2.12 bits per heavy atom. The van der Waals surface area contributed by atoms with Crippen LogP contribution in [-0.2, 0) is 18.3 Å². The molecule has 1 aliphatic rings. The molecule has 1 heterocycles. The van der Waals surface area contributed by atoms with E-state index in [1.807, 2.05) is 30.2 Å². The van der Waals surface area contributed by atoms with Gasteiger partial charge in [0, 0.05) is 19.7 Å². The molecule has 0 radical (unpaired) electrons. The summed E-state index contributed by atoms with van der Waals surface area (Å²) in [6, 6.07) is 0. The van der Waals surface area contributed by atoms with Crippen LogP contribution in [-0.4, -0.2) is 15.6 Å². The zero-order valence-electron chi connectivity index (χ0n) is 9.78. The minimum atomic E-state index is 0.304. The van der Waals surface area contributed by atoms with Crippen molar-refractivity contribution in [2.45, 2.75) is 38.5 Å². The maximum absolute atomic E-state index is 11.4. The number of carbonyl (C=O) groups is 1. The molecule has 0 spiro atoms. The number of hydrogen-bond acceptors (Lipinski definition) is 2. The van der Waals surface area contributed by atoms with Crippen molar-refractivity contribution in [3.63, 3.8) is 0 Å². The zero-order valence-corrected chi connectivity index (χ0v) is 9.78. The maximum atomic E-state index is 11.4. The molecule has 3 nitrogen and oxygen atoms in total. The lowest BCUT2D eigenvalue weighted by Crippen LogP contribution is -1.92. The first-order valence-corrected chi connectivity index (χ1v) is 5.94. The van der Waals surface area contributed by atoms with Crippen molar-refractivity contribution >= 4 is 5.78 Å². The van der Waals surface area contributed by atoms with Gasteiger partial charge in [0.1, 0.15) is 0 Å². The third-order valence-corrected chi connectivity index (χ3v) is 3.03. The van der Waals surface area contributed by atoms with Crippen LogP contribution in [0.3, 0.4) is 0 Å². The lowest BCUT2D eigenvalue weighted by atomic mass is 10.0. The van der Waals surface area contributed by atoms with Crippen LogP contribution in [0.5, 0.6) is 0 Å². The highest BCUT2D eigenvalue weighted by atomic mass is 16.1. The Morgan fingerprint density at radius 3 is 2.88 bits per heavy atom. The zero-order chi connectivity index (χ0) is 11.4. The molecule has 0 unspecified atom stereocenters. The molecule has 0 aliphatic heterocycles. The van der Waals surface area contributed by atoms with Crippen LogP contribution in [0.2, 0.25) is 0 Å². The lowest BCUT2D eigenvalue weighted by Gasteiger charge is -2.02. The Kier molecular flexibility index (Phi) is 3.54. The van der Waals surface area contributed by atoms with Gasteiger partial charge in [-0.1, -0.05) is 5.57 Å². The molecule has 16 heavy (non-hydrogen) atoms. The van der Waals surface area contributed by atoms with E-state index in [2.05, 4.69) is 5.10 Å². The van der Waals surface area contributed by atoms with E-state index in [1.54, 1.807) is 0 Å². The molecule has 0 amide bonds. The molecule has 0 saturated carbocycles. The number of allylic oxidation sites excluding steroid dienone is 2. The number of rotatable bonds is 3. The summed E-state index contributed by atoms with van der Waals surface area (Å²) >= 11 is 0. The number of ketones is 1. The summed E-state index contributed by atoms with van der Waals surface area (Å²) in [6.07, 6.45) is 11.8. The number of aryl methyl sites for hydroxylation is 2. The molecule has 86 valence electrons. The van der Waals surface area contributed by atoms with E-state index < -0.39 is 0 Å². The number of carbonyl (C=O) groups excluding carboxylic acids is 1. The summed E-state index contributed by atoms with van der Waals surface area (Å²) in [4.78, 5) is 11.4. The molecule has 1 aromatic rings. The predicted octanol–water partition coefficient (Wildman–Crippen LogP) is 2.42. The maximum Gasteiger partial charge on any atom is 0.155 e. The molecule has 0 saturated heterocycles. The monoisotopic (exact) mass is 218 g/mol. The molecule has 2 rings (SSSR count). The van der Waals surface area contributed by atoms with Crippen LogP contribution < -0.4 is 0 Å². The minimum absolute atomic E-state index is 0.304. The largest absolute Gasteiger partial charge is 0.295 e.